The number of aromatic hydroxyl groups is 2. The molecule has 3 aromatic rings. The van der Waals surface area contributed by atoms with Crippen LogP contribution in [-0.4, -0.2) is 117 Å². The molecule has 0 aliphatic carbocycles. The Balaban J connectivity index is 1.95. The normalized spacial score (nSPS) is 14.2. The average Bonchev–Trinajstić information content (AvgIpc) is 3.21. The number of hydrogen-bond acceptors (Lipinski definition) is 12. The first-order valence-electron chi connectivity index (χ1n) is 19.4. The Hall–Kier alpha value is -7.26. The van der Waals surface area contributed by atoms with E-state index in [1.165, 1.54) is 55.5 Å². The number of carboxylic acids is 1. The zero-order valence-electron chi connectivity index (χ0n) is 33.9. The summed E-state index contributed by atoms with van der Waals surface area (Å²) in [6.07, 6.45) is -2.59. The number of hydrogen-bond donors (Lipinski definition) is 13. The highest BCUT2D eigenvalue weighted by Crippen LogP contribution is 2.15. The van der Waals surface area contributed by atoms with E-state index >= 15 is 0 Å². The summed E-state index contributed by atoms with van der Waals surface area (Å²) in [5.41, 5.74) is 23.5. The van der Waals surface area contributed by atoms with Gasteiger partial charge in [0.05, 0.1) is 12.5 Å². The van der Waals surface area contributed by atoms with Gasteiger partial charge in [-0.1, -0.05) is 54.6 Å². The lowest BCUT2D eigenvalue weighted by Gasteiger charge is -2.27. The fraction of sp³-hybridized carbons (Fsp3) is 0.366. The van der Waals surface area contributed by atoms with E-state index in [-0.39, 0.29) is 56.1 Å². The molecule has 0 radical (unpaired) electrons. The van der Waals surface area contributed by atoms with Gasteiger partial charge in [0.25, 0.3) is 0 Å². The number of nitrogens with zero attached hydrogens (tertiary/aromatic N) is 1. The topological polar surface area (TPSA) is 377 Å². The Bertz CT molecular complexity index is 2030. The maximum atomic E-state index is 14.2. The summed E-state index contributed by atoms with van der Waals surface area (Å²) < 4.78 is 0. The van der Waals surface area contributed by atoms with E-state index in [4.69, 9.17) is 22.9 Å². The van der Waals surface area contributed by atoms with Crippen LogP contribution in [0.1, 0.15) is 42.9 Å². The molecule has 3 rings (SSSR count). The van der Waals surface area contributed by atoms with E-state index in [1.54, 1.807) is 30.3 Å². The van der Waals surface area contributed by atoms with Crippen LogP contribution in [0, 0.1) is 0 Å². The van der Waals surface area contributed by atoms with Gasteiger partial charge in [0, 0.05) is 25.8 Å². The van der Waals surface area contributed by atoms with Gasteiger partial charge < -0.3 is 69.9 Å². The van der Waals surface area contributed by atoms with E-state index < -0.39 is 90.2 Å². The summed E-state index contributed by atoms with van der Waals surface area (Å²) >= 11 is 0. The number of nitrogens with one attached hydrogen (secondary N) is 5. The Morgan fingerprint density at radius 3 is 1.37 bits per heavy atom. The summed E-state index contributed by atoms with van der Waals surface area (Å²) in [5.74, 6) is -7.61. The van der Waals surface area contributed by atoms with E-state index in [2.05, 4.69) is 31.6 Å². The number of carboxylic acid groups (broad SMARTS) is 1. The molecule has 0 unspecified atom stereocenters. The van der Waals surface area contributed by atoms with Crippen molar-refractivity contribution in [2.75, 3.05) is 6.54 Å². The van der Waals surface area contributed by atoms with Gasteiger partial charge in [-0.15, -0.1) is 0 Å². The van der Waals surface area contributed by atoms with Crippen LogP contribution in [0.15, 0.2) is 83.9 Å². The highest BCUT2D eigenvalue weighted by atomic mass is 16.4. The van der Waals surface area contributed by atoms with Crippen LogP contribution in [0.4, 0.5) is 0 Å². The van der Waals surface area contributed by atoms with Crippen LogP contribution in [0.25, 0.3) is 0 Å². The molecule has 3 aromatic carbocycles. The summed E-state index contributed by atoms with van der Waals surface area (Å²) in [7, 11) is 0. The molecule has 334 valence electrons. The molecule has 0 heterocycles. The summed E-state index contributed by atoms with van der Waals surface area (Å²) in [6.45, 7) is 1.39. The second-order valence-corrected chi connectivity index (χ2v) is 14.5. The highest BCUT2D eigenvalue weighted by molar-refractivity contribution is 5.98. The Labute approximate surface area is 356 Å². The fourth-order valence-corrected chi connectivity index (χ4v) is 5.96. The lowest BCUT2D eigenvalue weighted by atomic mass is 10.0. The zero-order chi connectivity index (χ0) is 45.9. The number of aliphatic carboxylic acids is 1. The van der Waals surface area contributed by atoms with Gasteiger partial charge in [-0.05, 0) is 60.7 Å². The number of phenolic OH excluding ortho intramolecular Hbond substituents is 2. The molecule has 0 fully saturated rings. The van der Waals surface area contributed by atoms with Crippen molar-refractivity contribution in [3.63, 3.8) is 0 Å². The second kappa shape index (κ2) is 24.1. The number of rotatable bonds is 24. The third-order valence-corrected chi connectivity index (χ3v) is 9.37. The first-order chi connectivity index (χ1) is 29.3. The minimum Gasteiger partial charge on any atom is -0.508 e. The van der Waals surface area contributed by atoms with Gasteiger partial charge in [-0.2, -0.15) is 0 Å². The largest absolute Gasteiger partial charge is 0.508 e. The molecule has 0 saturated carbocycles. The average molecular weight is 863 g/mol. The second-order valence-electron chi connectivity index (χ2n) is 14.5. The third kappa shape index (κ3) is 16.8. The van der Waals surface area contributed by atoms with Crippen molar-refractivity contribution in [3.8, 4) is 11.5 Å². The molecule has 0 bridgehead atoms. The van der Waals surface area contributed by atoms with Gasteiger partial charge in [0.15, 0.2) is 5.96 Å². The monoisotopic (exact) mass is 862 g/mol. The molecule has 0 spiro atoms. The number of aliphatic imine (C=N–C) groups is 1. The molecule has 0 saturated heterocycles. The van der Waals surface area contributed by atoms with Crippen molar-refractivity contribution in [3.05, 3.63) is 95.6 Å². The van der Waals surface area contributed by atoms with Crippen molar-refractivity contribution < 1.29 is 54.0 Å². The van der Waals surface area contributed by atoms with E-state index in [9.17, 15) is 54.0 Å². The van der Waals surface area contributed by atoms with Crippen LogP contribution in [0.3, 0.4) is 0 Å². The van der Waals surface area contributed by atoms with Crippen LogP contribution in [0.2, 0.25) is 0 Å². The molecule has 21 nitrogen and oxygen atoms in total. The summed E-state index contributed by atoms with van der Waals surface area (Å²) in [4.78, 5) is 96.9. The number of amides is 6. The zero-order valence-corrected chi connectivity index (χ0v) is 33.9. The maximum absolute atomic E-state index is 14.2. The number of aliphatic hydroxyl groups is 1. The third-order valence-electron chi connectivity index (χ3n) is 9.37. The molecule has 17 N–H and O–H groups in total. The number of nitrogens with two attached hydrogens (primary N) is 4. The fourth-order valence-electron chi connectivity index (χ4n) is 5.96. The van der Waals surface area contributed by atoms with Crippen molar-refractivity contribution in [1.82, 2.24) is 26.6 Å². The van der Waals surface area contributed by atoms with Crippen LogP contribution in [-0.2, 0) is 52.8 Å². The number of benzene rings is 3. The summed E-state index contributed by atoms with van der Waals surface area (Å²) in [5, 5.41) is 51.6. The standard InChI is InChI=1S/C41H54N10O11/c1-22(52)34(42)40(62)51-31(20-25-11-15-27(54)16-12-25)38(60)50-32(21-33(55)56)39(61)49-30(19-24-9-13-26(53)14-10-24)37(59)48-29(18-23-6-3-2-4-7-23)36(58)47-28(35(43)57)8-5-17-46-41(44)45/h2-4,6-7,9-16,22,28-32,34,52-54H,5,8,17-21,42H2,1H3,(H2,43,57)(H,47,58)(H,48,59)(H,49,61)(H,50,60)(H,51,62)(H,55,56)(H4,44,45,46)/t22-,28+,29+,30+,31+,32+,34+/m1/s1. The molecule has 21 heteroatoms. The molecule has 6 amide bonds. The Morgan fingerprint density at radius 2 is 0.968 bits per heavy atom. The summed E-state index contributed by atoms with van der Waals surface area (Å²) in [6, 6.07) is 10.8. The number of phenols is 2. The van der Waals surface area contributed by atoms with Crippen molar-refractivity contribution >= 4 is 47.4 Å². The van der Waals surface area contributed by atoms with Crippen LogP contribution < -0.4 is 49.5 Å². The molecule has 0 aliphatic heterocycles. The number of guanidine groups is 1. The lowest BCUT2D eigenvalue weighted by Crippen LogP contribution is -2.60. The van der Waals surface area contributed by atoms with Gasteiger partial charge in [0.2, 0.25) is 35.4 Å². The minimum atomic E-state index is -1.85. The van der Waals surface area contributed by atoms with Crippen molar-refractivity contribution in [2.24, 2.45) is 27.9 Å². The van der Waals surface area contributed by atoms with E-state index in [1.807, 2.05) is 0 Å². The van der Waals surface area contributed by atoms with Gasteiger partial charge in [-0.25, -0.2) is 0 Å². The molecule has 62 heavy (non-hydrogen) atoms. The SMILES string of the molecule is C[C@@H](O)[C@H](N)C(=O)N[C@@H](Cc1ccc(O)cc1)C(=O)N[C@@H](CC(=O)O)C(=O)N[C@@H](Cc1ccc(O)cc1)C(=O)N[C@@H](Cc1ccccc1)C(=O)N[C@@H](CCCN=C(N)N)C(N)=O. The number of carbonyl (C=O) groups is 7. The highest BCUT2D eigenvalue weighted by Gasteiger charge is 2.34. The molecular weight excluding hydrogens is 809 g/mol. The van der Waals surface area contributed by atoms with Crippen LogP contribution in [0.5, 0.6) is 11.5 Å². The predicted molar refractivity (Wildman–Crippen MR) is 224 cm³/mol. The molecule has 0 aromatic heterocycles. The molecule has 7 atom stereocenters. The number of primary amides is 1. The first kappa shape index (κ1) is 49.1. The van der Waals surface area contributed by atoms with E-state index in [0.29, 0.717) is 16.7 Å². The quantitative estimate of drug-likeness (QED) is 0.0247. The van der Waals surface area contributed by atoms with Gasteiger partial charge >= 0.3 is 5.97 Å². The van der Waals surface area contributed by atoms with Crippen LogP contribution >= 0.6 is 0 Å². The van der Waals surface area contributed by atoms with Crippen molar-refractivity contribution in [2.45, 2.75) is 87.8 Å². The lowest BCUT2D eigenvalue weighted by molar-refractivity contribution is -0.141. The minimum absolute atomic E-state index is 0.0485. The number of carbonyl (C=O) groups excluding carboxylic acids is 6. The Kier molecular flexibility index (Phi) is 19.1. The molecule has 0 aliphatic rings. The first-order valence-corrected chi connectivity index (χ1v) is 19.4. The number of aliphatic hydroxyl groups excluding tert-OH is 1. The smallest absolute Gasteiger partial charge is 0.305 e. The maximum Gasteiger partial charge on any atom is 0.305 e. The van der Waals surface area contributed by atoms with Gasteiger partial charge in [-0.3, -0.25) is 38.6 Å². The Morgan fingerprint density at radius 1 is 0.581 bits per heavy atom. The predicted octanol–water partition coefficient (Wildman–Crippen LogP) is -2.73. The molecular formula is C41H54N10O11. The van der Waals surface area contributed by atoms with E-state index in [0.717, 1.165) is 0 Å². The van der Waals surface area contributed by atoms with Crippen molar-refractivity contribution in [1.29, 1.82) is 0 Å². The van der Waals surface area contributed by atoms with Gasteiger partial charge in [0.1, 0.15) is 47.8 Å².